The minimum Gasteiger partial charge on any atom is -0.478 e. The van der Waals surface area contributed by atoms with Gasteiger partial charge in [-0.1, -0.05) is 17.7 Å². The summed E-state index contributed by atoms with van der Waals surface area (Å²) in [6, 6.07) is 5.72. The van der Waals surface area contributed by atoms with Crippen molar-refractivity contribution in [2.75, 3.05) is 13.1 Å². The second-order valence-electron chi connectivity index (χ2n) is 5.88. The molecule has 0 aliphatic carbocycles. The van der Waals surface area contributed by atoms with Crippen molar-refractivity contribution in [1.82, 2.24) is 4.90 Å². The molecule has 1 aromatic carbocycles. The van der Waals surface area contributed by atoms with E-state index in [1.165, 1.54) is 24.3 Å². The molecule has 0 atom stereocenters. The van der Waals surface area contributed by atoms with E-state index in [0.717, 1.165) is 5.57 Å². The summed E-state index contributed by atoms with van der Waals surface area (Å²) in [5.74, 6) is -1.97. The molecule has 6 heteroatoms. The average Bonchev–Trinajstić information content (AvgIpc) is 2.49. The van der Waals surface area contributed by atoms with Gasteiger partial charge >= 0.3 is 5.97 Å². The third-order valence-corrected chi connectivity index (χ3v) is 3.83. The lowest BCUT2D eigenvalue weighted by Crippen LogP contribution is -2.54. The lowest BCUT2D eigenvalue weighted by Gasteiger charge is -2.38. The summed E-state index contributed by atoms with van der Waals surface area (Å²) in [6.07, 6.45) is 1.74. The van der Waals surface area contributed by atoms with Gasteiger partial charge in [-0.05, 0) is 26.0 Å². The summed E-state index contributed by atoms with van der Waals surface area (Å²) < 4.78 is 19.3. The molecule has 0 aromatic heterocycles. The zero-order valence-corrected chi connectivity index (χ0v) is 13.2. The molecular weight excluding hydrogens is 301 g/mol. The number of allylic oxidation sites excluding steroid dienone is 1. The van der Waals surface area contributed by atoms with Crippen LogP contribution in [0.1, 0.15) is 26.7 Å². The second kappa shape index (κ2) is 6.81. The molecule has 1 fully saturated rings. The number of benzene rings is 1. The number of piperidine rings is 1. The zero-order chi connectivity index (χ0) is 17.0. The molecule has 0 radical (unpaired) electrons. The number of aliphatic carboxylic acids is 1. The van der Waals surface area contributed by atoms with Gasteiger partial charge in [0.2, 0.25) is 11.5 Å². The first-order chi connectivity index (χ1) is 10.8. The van der Waals surface area contributed by atoms with E-state index in [2.05, 4.69) is 0 Å². The molecule has 1 aliphatic rings. The molecule has 1 heterocycles. The molecule has 0 spiro atoms. The van der Waals surface area contributed by atoms with Crippen LogP contribution in [0.4, 0.5) is 4.39 Å². The van der Waals surface area contributed by atoms with Gasteiger partial charge in [-0.3, -0.25) is 4.79 Å². The minimum atomic E-state index is -1.51. The standard InChI is InChI=1S/C17H20FNO4/c1-12(2)11-15(20)19-9-7-17(8-10-19,16(21)22)23-14-6-4-3-5-13(14)18/h3-6,11H,7-10H2,1-2H3,(H,21,22). The number of carbonyl (C=O) groups excluding carboxylic acids is 1. The van der Waals surface area contributed by atoms with E-state index >= 15 is 0 Å². The Morgan fingerprint density at radius 2 is 1.87 bits per heavy atom. The Morgan fingerprint density at radius 3 is 2.39 bits per heavy atom. The summed E-state index contributed by atoms with van der Waals surface area (Å²) in [6.45, 7) is 4.15. The van der Waals surface area contributed by atoms with Crippen molar-refractivity contribution in [3.05, 3.63) is 41.7 Å². The number of amides is 1. The van der Waals surface area contributed by atoms with Gasteiger partial charge in [0.05, 0.1) is 0 Å². The largest absolute Gasteiger partial charge is 0.478 e. The summed E-state index contributed by atoms with van der Waals surface area (Å²) in [5.41, 5.74) is -0.628. The second-order valence-corrected chi connectivity index (χ2v) is 5.88. The third kappa shape index (κ3) is 3.88. The van der Waals surface area contributed by atoms with Crippen LogP contribution >= 0.6 is 0 Å². The van der Waals surface area contributed by atoms with Gasteiger partial charge < -0.3 is 14.7 Å². The molecule has 1 N–H and O–H groups in total. The molecule has 1 saturated heterocycles. The fraction of sp³-hybridized carbons (Fsp3) is 0.412. The zero-order valence-electron chi connectivity index (χ0n) is 13.2. The first-order valence-corrected chi connectivity index (χ1v) is 7.45. The van der Waals surface area contributed by atoms with Crippen LogP contribution in [-0.2, 0) is 9.59 Å². The number of para-hydroxylation sites is 1. The first kappa shape index (κ1) is 17.0. The van der Waals surface area contributed by atoms with E-state index < -0.39 is 17.4 Å². The van der Waals surface area contributed by atoms with E-state index in [1.54, 1.807) is 11.0 Å². The number of nitrogens with zero attached hydrogens (tertiary/aromatic N) is 1. The van der Waals surface area contributed by atoms with E-state index in [4.69, 9.17) is 4.74 Å². The predicted octanol–water partition coefficient (Wildman–Crippen LogP) is 2.62. The summed E-state index contributed by atoms with van der Waals surface area (Å²) in [5, 5.41) is 9.55. The predicted molar refractivity (Wildman–Crippen MR) is 82.6 cm³/mol. The lowest BCUT2D eigenvalue weighted by molar-refractivity contribution is -0.161. The average molecular weight is 321 g/mol. The number of hydrogen-bond acceptors (Lipinski definition) is 3. The smallest absolute Gasteiger partial charge is 0.348 e. The molecule has 23 heavy (non-hydrogen) atoms. The van der Waals surface area contributed by atoms with Crippen molar-refractivity contribution in [2.24, 2.45) is 0 Å². The maximum atomic E-state index is 13.7. The summed E-state index contributed by atoms with van der Waals surface area (Å²) in [4.78, 5) is 25.3. The van der Waals surface area contributed by atoms with Gasteiger partial charge in [0.1, 0.15) is 0 Å². The molecular formula is C17H20FNO4. The number of carboxylic acid groups (broad SMARTS) is 1. The highest BCUT2D eigenvalue weighted by Gasteiger charge is 2.45. The number of ether oxygens (including phenoxy) is 1. The number of halogens is 1. The first-order valence-electron chi connectivity index (χ1n) is 7.45. The van der Waals surface area contributed by atoms with E-state index in [-0.39, 0.29) is 37.6 Å². The quantitative estimate of drug-likeness (QED) is 0.866. The molecule has 1 aromatic rings. The van der Waals surface area contributed by atoms with Gasteiger partial charge in [-0.25, -0.2) is 9.18 Å². The van der Waals surface area contributed by atoms with Gasteiger partial charge in [0.25, 0.3) is 0 Å². The van der Waals surface area contributed by atoms with Crippen LogP contribution in [0.15, 0.2) is 35.9 Å². The normalized spacial score (nSPS) is 16.6. The number of carbonyl (C=O) groups is 2. The third-order valence-electron chi connectivity index (χ3n) is 3.83. The van der Waals surface area contributed by atoms with Gasteiger partial charge in [-0.15, -0.1) is 0 Å². The van der Waals surface area contributed by atoms with Crippen molar-refractivity contribution in [1.29, 1.82) is 0 Å². The van der Waals surface area contributed by atoms with Crippen LogP contribution < -0.4 is 4.74 Å². The Labute approximate surface area is 134 Å². The maximum absolute atomic E-state index is 13.7. The number of carboxylic acids is 1. The Balaban J connectivity index is 2.13. The maximum Gasteiger partial charge on any atom is 0.348 e. The minimum absolute atomic E-state index is 0.0843. The highest BCUT2D eigenvalue weighted by Crippen LogP contribution is 2.30. The molecule has 2 rings (SSSR count). The summed E-state index contributed by atoms with van der Waals surface area (Å²) in [7, 11) is 0. The molecule has 124 valence electrons. The molecule has 0 bridgehead atoms. The van der Waals surface area contributed by atoms with Gasteiger partial charge in [0.15, 0.2) is 11.6 Å². The van der Waals surface area contributed by atoms with Crippen LogP contribution in [0.2, 0.25) is 0 Å². The van der Waals surface area contributed by atoms with Crippen molar-refractivity contribution in [3.8, 4) is 5.75 Å². The van der Waals surface area contributed by atoms with Crippen molar-refractivity contribution in [2.45, 2.75) is 32.3 Å². The highest BCUT2D eigenvalue weighted by molar-refractivity contribution is 5.88. The van der Waals surface area contributed by atoms with Crippen LogP contribution in [0, 0.1) is 5.82 Å². The Hall–Kier alpha value is -2.37. The van der Waals surface area contributed by atoms with Crippen LogP contribution in [0.3, 0.4) is 0 Å². The molecule has 1 amide bonds. The fourth-order valence-corrected chi connectivity index (χ4v) is 2.52. The van der Waals surface area contributed by atoms with E-state index in [1.807, 2.05) is 13.8 Å². The van der Waals surface area contributed by atoms with Crippen molar-refractivity contribution < 1.29 is 23.8 Å². The highest BCUT2D eigenvalue weighted by atomic mass is 19.1. The van der Waals surface area contributed by atoms with Crippen LogP contribution in [0.25, 0.3) is 0 Å². The monoisotopic (exact) mass is 321 g/mol. The van der Waals surface area contributed by atoms with E-state index in [0.29, 0.717) is 0 Å². The van der Waals surface area contributed by atoms with Crippen LogP contribution in [0.5, 0.6) is 5.75 Å². The van der Waals surface area contributed by atoms with Gasteiger partial charge in [-0.2, -0.15) is 0 Å². The topological polar surface area (TPSA) is 66.8 Å². The molecule has 0 unspecified atom stereocenters. The molecule has 5 nitrogen and oxygen atoms in total. The van der Waals surface area contributed by atoms with Crippen molar-refractivity contribution in [3.63, 3.8) is 0 Å². The van der Waals surface area contributed by atoms with E-state index in [9.17, 15) is 19.1 Å². The molecule has 0 saturated carbocycles. The Bertz CT molecular complexity index is 629. The fourth-order valence-electron chi connectivity index (χ4n) is 2.52. The molecule has 1 aliphatic heterocycles. The summed E-state index contributed by atoms with van der Waals surface area (Å²) >= 11 is 0. The van der Waals surface area contributed by atoms with Crippen molar-refractivity contribution >= 4 is 11.9 Å². The van der Waals surface area contributed by atoms with Crippen LogP contribution in [-0.4, -0.2) is 40.6 Å². The number of hydrogen-bond donors (Lipinski definition) is 1. The van der Waals surface area contributed by atoms with Gasteiger partial charge in [0, 0.05) is 32.0 Å². The Morgan fingerprint density at radius 1 is 1.26 bits per heavy atom. The Kier molecular flexibility index (Phi) is 5.03. The SMILES string of the molecule is CC(C)=CC(=O)N1CCC(Oc2ccccc2F)(C(=O)O)CC1. The number of rotatable bonds is 4. The number of likely N-dealkylation sites (tertiary alicyclic amines) is 1. The lowest BCUT2D eigenvalue weighted by atomic mass is 9.91.